The fraction of sp³-hybridized carbons (Fsp3) is 0.857. The standard InChI is InChI=1S/C7H11NO/c9-6-1-2-7(3-6)4-8-5-7/h8H,1-5H2. The van der Waals surface area contributed by atoms with Crippen molar-refractivity contribution in [3.05, 3.63) is 0 Å². The normalized spacial score (nSPS) is 30.9. The highest BCUT2D eigenvalue weighted by atomic mass is 16.1. The molecule has 1 heterocycles. The molecular formula is C7H11NO. The van der Waals surface area contributed by atoms with Crippen LogP contribution in [-0.2, 0) is 4.79 Å². The first-order valence-corrected chi connectivity index (χ1v) is 3.53. The van der Waals surface area contributed by atoms with Crippen LogP contribution in [-0.4, -0.2) is 18.9 Å². The molecule has 1 aliphatic carbocycles. The largest absolute Gasteiger partial charge is 0.316 e. The molecule has 1 saturated heterocycles. The summed E-state index contributed by atoms with van der Waals surface area (Å²) in [6.45, 7) is 2.16. The summed E-state index contributed by atoms with van der Waals surface area (Å²) in [7, 11) is 0. The molecule has 0 aromatic heterocycles. The molecule has 1 aliphatic heterocycles. The maximum Gasteiger partial charge on any atom is 0.133 e. The topological polar surface area (TPSA) is 29.1 Å². The van der Waals surface area contributed by atoms with Crippen molar-refractivity contribution in [2.24, 2.45) is 5.41 Å². The summed E-state index contributed by atoms with van der Waals surface area (Å²) in [6.07, 6.45) is 2.82. The van der Waals surface area contributed by atoms with Crippen LogP contribution >= 0.6 is 0 Å². The Morgan fingerprint density at radius 3 is 2.44 bits per heavy atom. The Labute approximate surface area is 54.6 Å². The van der Waals surface area contributed by atoms with E-state index < -0.39 is 0 Å². The molecule has 0 unspecified atom stereocenters. The Morgan fingerprint density at radius 1 is 1.44 bits per heavy atom. The molecule has 50 valence electrons. The van der Waals surface area contributed by atoms with E-state index in [2.05, 4.69) is 5.32 Å². The number of nitrogens with one attached hydrogen (secondary N) is 1. The number of Topliss-reactive ketones (excluding diaryl/α,β-unsaturated/α-hetero) is 1. The van der Waals surface area contributed by atoms with Gasteiger partial charge in [0.1, 0.15) is 5.78 Å². The molecule has 1 saturated carbocycles. The molecule has 1 spiro atoms. The van der Waals surface area contributed by atoms with Crippen LogP contribution in [0.1, 0.15) is 19.3 Å². The molecule has 2 nitrogen and oxygen atoms in total. The molecule has 0 aromatic carbocycles. The van der Waals surface area contributed by atoms with Crippen LogP contribution in [0.2, 0.25) is 0 Å². The van der Waals surface area contributed by atoms with Crippen molar-refractivity contribution in [3.63, 3.8) is 0 Å². The van der Waals surface area contributed by atoms with E-state index in [-0.39, 0.29) is 0 Å². The van der Waals surface area contributed by atoms with E-state index in [4.69, 9.17) is 0 Å². The third-order valence-corrected chi connectivity index (χ3v) is 2.51. The number of rotatable bonds is 0. The summed E-state index contributed by atoms with van der Waals surface area (Å²) >= 11 is 0. The second-order valence-electron chi connectivity index (χ2n) is 3.32. The van der Waals surface area contributed by atoms with E-state index >= 15 is 0 Å². The van der Waals surface area contributed by atoms with E-state index in [1.165, 1.54) is 0 Å². The lowest BCUT2D eigenvalue weighted by Gasteiger charge is -2.38. The predicted molar refractivity (Wildman–Crippen MR) is 34.2 cm³/mol. The van der Waals surface area contributed by atoms with Gasteiger partial charge in [-0.15, -0.1) is 0 Å². The summed E-state index contributed by atoms with van der Waals surface area (Å²) in [6, 6.07) is 0. The zero-order valence-electron chi connectivity index (χ0n) is 5.44. The molecular weight excluding hydrogens is 114 g/mol. The van der Waals surface area contributed by atoms with Crippen LogP contribution in [0.4, 0.5) is 0 Å². The maximum atomic E-state index is 10.8. The van der Waals surface area contributed by atoms with Crippen LogP contribution in [0.3, 0.4) is 0 Å². The average Bonchev–Trinajstić information content (AvgIpc) is 2.09. The van der Waals surface area contributed by atoms with Gasteiger partial charge < -0.3 is 5.32 Å². The Kier molecular flexibility index (Phi) is 0.943. The molecule has 2 aliphatic rings. The van der Waals surface area contributed by atoms with Gasteiger partial charge in [0.15, 0.2) is 0 Å². The van der Waals surface area contributed by atoms with Crippen LogP contribution in [0.5, 0.6) is 0 Å². The highest BCUT2D eigenvalue weighted by molar-refractivity contribution is 5.81. The maximum absolute atomic E-state index is 10.8. The van der Waals surface area contributed by atoms with Crippen LogP contribution in [0, 0.1) is 5.41 Å². The van der Waals surface area contributed by atoms with Gasteiger partial charge in [0, 0.05) is 31.3 Å². The zero-order chi connectivity index (χ0) is 6.32. The van der Waals surface area contributed by atoms with Crippen molar-refractivity contribution >= 4 is 5.78 Å². The first-order chi connectivity index (χ1) is 4.31. The first-order valence-electron chi connectivity index (χ1n) is 3.53. The fourth-order valence-corrected chi connectivity index (χ4v) is 1.78. The molecule has 1 N–H and O–H groups in total. The summed E-state index contributed by atoms with van der Waals surface area (Å²) in [4.78, 5) is 10.8. The van der Waals surface area contributed by atoms with Crippen molar-refractivity contribution in [2.75, 3.05) is 13.1 Å². The Morgan fingerprint density at radius 2 is 2.22 bits per heavy atom. The smallest absolute Gasteiger partial charge is 0.133 e. The minimum atomic E-state index is 0.428. The van der Waals surface area contributed by atoms with E-state index in [1.807, 2.05) is 0 Å². The van der Waals surface area contributed by atoms with Crippen molar-refractivity contribution in [1.82, 2.24) is 5.32 Å². The lowest BCUT2D eigenvalue weighted by Crippen LogP contribution is -2.51. The molecule has 0 aromatic rings. The second-order valence-corrected chi connectivity index (χ2v) is 3.32. The lowest BCUT2D eigenvalue weighted by molar-refractivity contribution is -0.118. The Balaban J connectivity index is 2.07. The van der Waals surface area contributed by atoms with Crippen molar-refractivity contribution in [3.8, 4) is 0 Å². The third-order valence-electron chi connectivity index (χ3n) is 2.51. The van der Waals surface area contributed by atoms with Gasteiger partial charge in [-0.1, -0.05) is 0 Å². The molecule has 9 heavy (non-hydrogen) atoms. The number of carbonyl (C=O) groups excluding carboxylic acids is 1. The molecule has 2 fully saturated rings. The summed E-state index contributed by atoms with van der Waals surface area (Å²) in [5.41, 5.74) is 0.428. The van der Waals surface area contributed by atoms with Gasteiger partial charge in [-0.3, -0.25) is 4.79 Å². The fourth-order valence-electron chi connectivity index (χ4n) is 1.78. The monoisotopic (exact) mass is 125 g/mol. The highest BCUT2D eigenvalue weighted by Crippen LogP contribution is 2.38. The van der Waals surface area contributed by atoms with Gasteiger partial charge in [0.05, 0.1) is 0 Å². The molecule has 0 amide bonds. The van der Waals surface area contributed by atoms with Gasteiger partial charge in [-0.25, -0.2) is 0 Å². The Bertz CT molecular complexity index is 149. The minimum Gasteiger partial charge on any atom is -0.316 e. The SMILES string of the molecule is O=C1CCC2(CNC2)C1. The van der Waals surface area contributed by atoms with Gasteiger partial charge in [-0.2, -0.15) is 0 Å². The number of carbonyl (C=O) groups is 1. The van der Waals surface area contributed by atoms with Gasteiger partial charge in [0.25, 0.3) is 0 Å². The van der Waals surface area contributed by atoms with Crippen LogP contribution < -0.4 is 5.32 Å². The van der Waals surface area contributed by atoms with E-state index in [0.29, 0.717) is 11.2 Å². The van der Waals surface area contributed by atoms with Crippen LogP contribution in [0.15, 0.2) is 0 Å². The van der Waals surface area contributed by atoms with Gasteiger partial charge >= 0.3 is 0 Å². The average molecular weight is 125 g/mol. The predicted octanol–water partition coefficient (Wildman–Crippen LogP) is 0.329. The van der Waals surface area contributed by atoms with Crippen molar-refractivity contribution in [1.29, 1.82) is 0 Å². The first kappa shape index (κ1) is 5.42. The highest BCUT2D eigenvalue weighted by Gasteiger charge is 2.42. The van der Waals surface area contributed by atoms with Gasteiger partial charge in [-0.05, 0) is 6.42 Å². The third kappa shape index (κ3) is 0.697. The zero-order valence-corrected chi connectivity index (χ0v) is 5.44. The van der Waals surface area contributed by atoms with Gasteiger partial charge in [0.2, 0.25) is 0 Å². The molecule has 0 bridgehead atoms. The van der Waals surface area contributed by atoms with Crippen molar-refractivity contribution in [2.45, 2.75) is 19.3 Å². The second kappa shape index (κ2) is 1.57. The molecule has 0 radical (unpaired) electrons. The minimum absolute atomic E-state index is 0.428. The van der Waals surface area contributed by atoms with Crippen molar-refractivity contribution < 1.29 is 4.79 Å². The molecule has 2 rings (SSSR count). The number of hydrogen-bond donors (Lipinski definition) is 1. The number of hydrogen-bond acceptors (Lipinski definition) is 2. The summed E-state index contributed by atoms with van der Waals surface area (Å²) in [5, 5.41) is 3.21. The number of ketones is 1. The van der Waals surface area contributed by atoms with E-state index in [1.54, 1.807) is 0 Å². The molecule has 2 heteroatoms. The summed E-state index contributed by atoms with van der Waals surface area (Å²) < 4.78 is 0. The molecule has 0 atom stereocenters. The lowest BCUT2D eigenvalue weighted by atomic mass is 9.80. The quantitative estimate of drug-likeness (QED) is 0.505. The van der Waals surface area contributed by atoms with E-state index in [9.17, 15) is 4.79 Å². The van der Waals surface area contributed by atoms with Crippen LogP contribution in [0.25, 0.3) is 0 Å². The summed E-state index contributed by atoms with van der Waals surface area (Å²) in [5.74, 6) is 0.469. The van der Waals surface area contributed by atoms with E-state index in [0.717, 1.165) is 32.4 Å². The Hall–Kier alpha value is -0.370.